The topological polar surface area (TPSA) is 37.4 Å². The Morgan fingerprint density at radius 1 is 1.62 bits per heavy atom. The van der Waals surface area contributed by atoms with Crippen molar-refractivity contribution >= 4 is 21.1 Å². The van der Waals surface area contributed by atoms with Gasteiger partial charge in [0.1, 0.15) is 0 Å². The van der Waals surface area contributed by atoms with Gasteiger partial charge < -0.3 is 0 Å². The monoisotopic (exact) mass is 201 g/mol. The molecule has 1 saturated heterocycles. The summed E-state index contributed by atoms with van der Waals surface area (Å²) in [5.74, 6) is -0.0541. The summed E-state index contributed by atoms with van der Waals surface area (Å²) in [6.07, 6.45) is 1.96. The quantitative estimate of drug-likeness (QED) is 0.626. The Hall–Kier alpha value is -0.430. The van der Waals surface area contributed by atoms with Gasteiger partial charge in [0, 0.05) is 18.4 Å². The summed E-state index contributed by atoms with van der Waals surface area (Å²) in [5, 5.41) is 0. The molecule has 0 aliphatic carbocycles. The number of carbonyl (C=O) groups excluding carboxylic acids is 2. The van der Waals surface area contributed by atoms with Crippen LogP contribution in [0.2, 0.25) is 0 Å². The predicted octanol–water partition coefficient (Wildman–Crippen LogP) is 1.04. The highest BCUT2D eigenvalue weighted by atomic mass is 31.0. The molecule has 13 heavy (non-hydrogen) atoms. The van der Waals surface area contributed by atoms with Crippen LogP contribution >= 0.6 is 9.24 Å². The van der Waals surface area contributed by atoms with E-state index in [0.29, 0.717) is 13.0 Å². The van der Waals surface area contributed by atoms with E-state index in [4.69, 9.17) is 0 Å². The summed E-state index contributed by atoms with van der Waals surface area (Å²) < 4.78 is 0. The number of likely N-dealkylation sites (tertiary alicyclic amines) is 1. The largest absolute Gasteiger partial charge is 0.282 e. The minimum Gasteiger partial charge on any atom is -0.282 e. The van der Waals surface area contributed by atoms with E-state index in [1.807, 2.05) is 13.8 Å². The molecule has 0 saturated carbocycles. The molecule has 3 nitrogen and oxygen atoms in total. The third-order valence-corrected chi connectivity index (χ3v) is 2.73. The molecule has 74 valence electrons. The van der Waals surface area contributed by atoms with Crippen molar-refractivity contribution in [2.75, 3.05) is 12.7 Å². The third kappa shape index (κ3) is 2.08. The van der Waals surface area contributed by atoms with E-state index in [0.717, 1.165) is 12.6 Å². The second-order valence-corrected chi connectivity index (χ2v) is 4.60. The molecule has 1 rings (SSSR count). The van der Waals surface area contributed by atoms with Crippen molar-refractivity contribution in [1.82, 2.24) is 4.90 Å². The molecule has 1 fully saturated rings. The maximum atomic E-state index is 11.6. The number of carbonyl (C=O) groups is 2. The van der Waals surface area contributed by atoms with Crippen LogP contribution in [0.3, 0.4) is 0 Å². The molecule has 1 aliphatic heterocycles. The van der Waals surface area contributed by atoms with Gasteiger partial charge in [0.2, 0.25) is 11.8 Å². The van der Waals surface area contributed by atoms with Crippen molar-refractivity contribution in [2.24, 2.45) is 5.41 Å². The van der Waals surface area contributed by atoms with Crippen LogP contribution in [-0.2, 0) is 9.59 Å². The Balaban J connectivity index is 2.65. The first-order valence-corrected chi connectivity index (χ1v) is 5.35. The molecule has 4 heteroatoms. The van der Waals surface area contributed by atoms with E-state index in [1.165, 1.54) is 4.90 Å². The lowest BCUT2D eigenvalue weighted by molar-refractivity contribution is -0.145. The zero-order chi connectivity index (χ0) is 10.1. The van der Waals surface area contributed by atoms with Crippen LogP contribution < -0.4 is 0 Å². The van der Waals surface area contributed by atoms with E-state index in [-0.39, 0.29) is 17.2 Å². The van der Waals surface area contributed by atoms with E-state index < -0.39 is 0 Å². The van der Waals surface area contributed by atoms with Crippen molar-refractivity contribution in [3.05, 3.63) is 0 Å². The van der Waals surface area contributed by atoms with Gasteiger partial charge in [-0.25, -0.2) is 0 Å². The lowest BCUT2D eigenvalue weighted by atomic mass is 9.92. The maximum absolute atomic E-state index is 11.6. The van der Waals surface area contributed by atoms with Gasteiger partial charge in [-0.15, -0.1) is 9.24 Å². The zero-order valence-corrected chi connectivity index (χ0v) is 9.32. The van der Waals surface area contributed by atoms with Gasteiger partial charge in [0.25, 0.3) is 0 Å². The first kappa shape index (κ1) is 10.6. The molecule has 1 atom stereocenters. The summed E-state index contributed by atoms with van der Waals surface area (Å²) in [4.78, 5) is 24.5. The Bertz CT molecular complexity index is 238. The van der Waals surface area contributed by atoms with Gasteiger partial charge in [0.05, 0.1) is 0 Å². The smallest absolute Gasteiger partial charge is 0.234 e. The summed E-state index contributed by atoms with van der Waals surface area (Å²) >= 11 is 0. The Morgan fingerprint density at radius 2 is 2.23 bits per heavy atom. The molecule has 1 unspecified atom stereocenters. The molecule has 0 radical (unpaired) electrons. The van der Waals surface area contributed by atoms with Crippen molar-refractivity contribution in [1.29, 1.82) is 0 Å². The normalized spacial score (nSPS) is 20.8. The second kappa shape index (κ2) is 3.75. The Labute approximate surface area is 81.1 Å². The van der Waals surface area contributed by atoms with Crippen LogP contribution in [0.5, 0.6) is 0 Å². The number of hydrogen-bond acceptors (Lipinski definition) is 2. The highest BCUT2D eigenvalue weighted by Crippen LogP contribution is 2.30. The van der Waals surface area contributed by atoms with E-state index in [9.17, 15) is 9.59 Å². The standard InChI is InChI=1S/C9H16NO2P/c1-9(2)4-5-10(8(9)12)7(11)3-6-13/h3-6,13H2,1-2H3. The van der Waals surface area contributed by atoms with Gasteiger partial charge in [-0.2, -0.15) is 0 Å². The molecular formula is C9H16NO2P. The van der Waals surface area contributed by atoms with Gasteiger partial charge in [-0.1, -0.05) is 13.8 Å². The fourth-order valence-electron chi connectivity index (χ4n) is 1.46. The number of imide groups is 1. The molecule has 0 N–H and O–H groups in total. The molecule has 0 aromatic carbocycles. The predicted molar refractivity (Wildman–Crippen MR) is 54.3 cm³/mol. The molecule has 0 aromatic rings. The van der Waals surface area contributed by atoms with Crippen LogP contribution in [0.1, 0.15) is 26.7 Å². The zero-order valence-electron chi connectivity index (χ0n) is 8.17. The van der Waals surface area contributed by atoms with Crippen molar-refractivity contribution in [3.8, 4) is 0 Å². The molecule has 0 aromatic heterocycles. The number of rotatable bonds is 2. The Kier molecular flexibility index (Phi) is 3.07. The van der Waals surface area contributed by atoms with Crippen LogP contribution in [0, 0.1) is 5.41 Å². The lowest BCUT2D eigenvalue weighted by Crippen LogP contribution is -2.36. The van der Waals surface area contributed by atoms with Gasteiger partial charge >= 0.3 is 0 Å². The fraction of sp³-hybridized carbons (Fsp3) is 0.778. The molecule has 1 heterocycles. The minimum absolute atomic E-state index is 0.0176. The lowest BCUT2D eigenvalue weighted by Gasteiger charge is -2.17. The van der Waals surface area contributed by atoms with Crippen LogP contribution in [0.25, 0.3) is 0 Å². The Morgan fingerprint density at radius 3 is 2.62 bits per heavy atom. The summed E-state index contributed by atoms with van der Waals surface area (Å²) in [7, 11) is 2.50. The van der Waals surface area contributed by atoms with Gasteiger partial charge in [0.15, 0.2) is 0 Å². The molecular weight excluding hydrogens is 185 g/mol. The minimum atomic E-state index is -0.337. The van der Waals surface area contributed by atoms with Gasteiger partial charge in [-0.3, -0.25) is 14.5 Å². The molecule has 1 aliphatic rings. The summed E-state index contributed by atoms with van der Waals surface area (Å²) in [5.41, 5.74) is -0.337. The fourth-order valence-corrected chi connectivity index (χ4v) is 1.71. The highest BCUT2D eigenvalue weighted by molar-refractivity contribution is 7.16. The molecule has 2 amide bonds. The van der Waals surface area contributed by atoms with Crippen molar-refractivity contribution < 1.29 is 9.59 Å². The SMILES string of the molecule is CC1(C)CCN(C(=O)CCP)C1=O. The number of nitrogens with zero attached hydrogens (tertiary/aromatic N) is 1. The average molecular weight is 201 g/mol. The second-order valence-electron chi connectivity index (χ2n) is 4.02. The molecule has 0 spiro atoms. The third-order valence-electron chi connectivity index (χ3n) is 2.44. The van der Waals surface area contributed by atoms with E-state index in [2.05, 4.69) is 9.24 Å². The highest BCUT2D eigenvalue weighted by Gasteiger charge is 2.40. The summed E-state index contributed by atoms with van der Waals surface area (Å²) in [6, 6.07) is 0. The molecule has 0 bridgehead atoms. The first-order chi connectivity index (χ1) is 5.99. The number of amides is 2. The first-order valence-electron chi connectivity index (χ1n) is 4.54. The van der Waals surface area contributed by atoms with Crippen molar-refractivity contribution in [3.63, 3.8) is 0 Å². The van der Waals surface area contributed by atoms with Crippen molar-refractivity contribution in [2.45, 2.75) is 26.7 Å². The van der Waals surface area contributed by atoms with E-state index in [1.54, 1.807) is 0 Å². The number of hydrogen-bond donors (Lipinski definition) is 0. The van der Waals surface area contributed by atoms with Gasteiger partial charge in [-0.05, 0) is 12.6 Å². The van der Waals surface area contributed by atoms with Crippen LogP contribution in [-0.4, -0.2) is 29.4 Å². The summed E-state index contributed by atoms with van der Waals surface area (Å²) in [6.45, 7) is 4.38. The van der Waals surface area contributed by atoms with E-state index >= 15 is 0 Å². The van der Waals surface area contributed by atoms with Crippen LogP contribution in [0.15, 0.2) is 0 Å². The van der Waals surface area contributed by atoms with Crippen LogP contribution in [0.4, 0.5) is 0 Å². The average Bonchev–Trinajstić information content (AvgIpc) is 2.28. The maximum Gasteiger partial charge on any atom is 0.234 e.